The molecular formula is C9H13N5O3S. The first kappa shape index (κ1) is 12.7. The second-order valence-electron chi connectivity index (χ2n) is 3.54. The van der Waals surface area contributed by atoms with Crippen molar-refractivity contribution in [1.82, 2.24) is 24.8 Å². The van der Waals surface area contributed by atoms with Crippen molar-refractivity contribution in [1.29, 1.82) is 0 Å². The Morgan fingerprint density at radius 1 is 1.44 bits per heavy atom. The Labute approximate surface area is 104 Å². The Morgan fingerprint density at radius 3 is 2.89 bits per heavy atom. The molecule has 0 aliphatic heterocycles. The van der Waals surface area contributed by atoms with Crippen LogP contribution in [0.25, 0.3) is 0 Å². The van der Waals surface area contributed by atoms with Crippen molar-refractivity contribution in [3.63, 3.8) is 0 Å². The molecule has 18 heavy (non-hydrogen) atoms. The molecule has 2 rings (SSSR count). The summed E-state index contributed by atoms with van der Waals surface area (Å²) in [4.78, 5) is 10.5. The quantitative estimate of drug-likeness (QED) is 0.757. The average Bonchev–Trinajstić information content (AvgIpc) is 2.99. The minimum absolute atomic E-state index is 0.0625. The number of nitrogens with zero attached hydrogens (tertiary/aromatic N) is 3. The highest BCUT2D eigenvalue weighted by Crippen LogP contribution is 2.05. The van der Waals surface area contributed by atoms with Gasteiger partial charge < -0.3 is 9.51 Å². The summed E-state index contributed by atoms with van der Waals surface area (Å²) in [7, 11) is -3.56. The van der Waals surface area contributed by atoms with Crippen molar-refractivity contribution in [2.45, 2.75) is 24.8 Å². The van der Waals surface area contributed by atoms with E-state index in [4.69, 9.17) is 0 Å². The van der Waals surface area contributed by atoms with Crippen molar-refractivity contribution in [2.24, 2.45) is 0 Å². The van der Waals surface area contributed by atoms with Gasteiger partial charge in [0.2, 0.25) is 6.39 Å². The van der Waals surface area contributed by atoms with Gasteiger partial charge in [-0.15, -0.1) is 0 Å². The number of hydrogen-bond donors (Lipinski definition) is 2. The Hall–Kier alpha value is -1.74. The summed E-state index contributed by atoms with van der Waals surface area (Å²) in [5.74, 6) is 1.09. The van der Waals surface area contributed by atoms with Crippen molar-refractivity contribution >= 4 is 10.0 Å². The van der Waals surface area contributed by atoms with Crippen LogP contribution in [0.15, 0.2) is 22.1 Å². The van der Waals surface area contributed by atoms with Crippen molar-refractivity contribution in [3.05, 3.63) is 24.2 Å². The number of imidazole rings is 1. The fourth-order valence-electron chi connectivity index (χ4n) is 1.34. The first-order valence-corrected chi connectivity index (χ1v) is 6.89. The lowest BCUT2D eigenvalue weighted by Crippen LogP contribution is -2.26. The second kappa shape index (κ2) is 5.27. The van der Waals surface area contributed by atoms with E-state index in [0.717, 1.165) is 0 Å². The van der Waals surface area contributed by atoms with Crippen LogP contribution in [-0.2, 0) is 22.9 Å². The highest BCUT2D eigenvalue weighted by atomic mass is 32.2. The summed E-state index contributed by atoms with van der Waals surface area (Å²) in [6.07, 6.45) is 3.52. The van der Waals surface area contributed by atoms with Crippen LogP contribution in [-0.4, -0.2) is 35.1 Å². The molecule has 0 fully saturated rings. The number of aromatic amines is 1. The molecule has 9 heteroatoms. The zero-order chi connectivity index (χ0) is 13.0. The van der Waals surface area contributed by atoms with Crippen LogP contribution >= 0.6 is 0 Å². The molecule has 0 saturated carbocycles. The van der Waals surface area contributed by atoms with Gasteiger partial charge in [0.25, 0.3) is 10.0 Å². The largest absolute Gasteiger partial charge is 0.343 e. The lowest BCUT2D eigenvalue weighted by molar-refractivity contribution is 0.409. The van der Waals surface area contributed by atoms with Gasteiger partial charge in [0.15, 0.2) is 10.9 Å². The summed E-state index contributed by atoms with van der Waals surface area (Å²) in [6.45, 7) is 2.08. The van der Waals surface area contributed by atoms with E-state index in [9.17, 15) is 8.42 Å². The van der Waals surface area contributed by atoms with Crippen LogP contribution in [0.5, 0.6) is 0 Å². The van der Waals surface area contributed by atoms with Crippen LogP contribution in [0.4, 0.5) is 0 Å². The number of aromatic nitrogens is 4. The predicted octanol–water partition coefficient (Wildman–Crippen LogP) is -0.124. The third-order valence-electron chi connectivity index (χ3n) is 2.28. The molecule has 0 radical (unpaired) electrons. The maximum atomic E-state index is 11.8. The van der Waals surface area contributed by atoms with E-state index in [1.54, 1.807) is 0 Å². The minimum Gasteiger partial charge on any atom is -0.343 e. The lowest BCUT2D eigenvalue weighted by Gasteiger charge is -2.02. The molecule has 2 heterocycles. The molecule has 0 atom stereocenters. The molecule has 0 aromatic carbocycles. The molecule has 0 aliphatic carbocycles. The van der Waals surface area contributed by atoms with Gasteiger partial charge in [-0.25, -0.2) is 18.1 Å². The third-order valence-corrected chi connectivity index (χ3v) is 3.65. The molecule has 0 saturated heterocycles. The molecule has 8 nitrogen and oxygen atoms in total. The highest BCUT2D eigenvalue weighted by Gasteiger charge is 2.16. The highest BCUT2D eigenvalue weighted by molar-refractivity contribution is 7.89. The summed E-state index contributed by atoms with van der Waals surface area (Å²) in [5.41, 5.74) is 0. The van der Waals surface area contributed by atoms with Gasteiger partial charge in [-0.1, -0.05) is 12.1 Å². The normalized spacial score (nSPS) is 11.8. The standard InChI is InChI=1S/C9H13N5O3S/c1-2-7-10-5-9(13-7)18(15,16)12-4-3-8-11-6-17-14-8/h5-6,12H,2-4H2,1H3,(H,10,13). The molecule has 2 aromatic heterocycles. The molecule has 0 amide bonds. The Balaban J connectivity index is 1.95. The number of sulfonamides is 1. The SMILES string of the molecule is CCc1ncc(S(=O)(=O)NCCc2ncon2)[nH]1. The van der Waals surface area contributed by atoms with E-state index < -0.39 is 10.0 Å². The van der Waals surface area contributed by atoms with Crippen LogP contribution < -0.4 is 4.72 Å². The van der Waals surface area contributed by atoms with Crippen LogP contribution in [0, 0.1) is 0 Å². The van der Waals surface area contributed by atoms with E-state index in [2.05, 4.69) is 29.4 Å². The summed E-state index contributed by atoms with van der Waals surface area (Å²) in [6, 6.07) is 0. The number of rotatable bonds is 6. The minimum atomic E-state index is -3.56. The maximum absolute atomic E-state index is 11.8. The molecule has 0 aliphatic rings. The predicted molar refractivity (Wildman–Crippen MR) is 61.2 cm³/mol. The summed E-state index contributed by atoms with van der Waals surface area (Å²) < 4.78 is 30.7. The van der Waals surface area contributed by atoms with E-state index in [-0.39, 0.29) is 11.6 Å². The molecule has 0 unspecified atom stereocenters. The maximum Gasteiger partial charge on any atom is 0.257 e. The zero-order valence-electron chi connectivity index (χ0n) is 9.75. The van der Waals surface area contributed by atoms with Crippen molar-refractivity contribution in [3.8, 4) is 0 Å². The Morgan fingerprint density at radius 2 is 2.28 bits per heavy atom. The van der Waals surface area contributed by atoms with Gasteiger partial charge in [0.1, 0.15) is 5.82 Å². The van der Waals surface area contributed by atoms with Crippen LogP contribution in [0.2, 0.25) is 0 Å². The lowest BCUT2D eigenvalue weighted by atomic mass is 10.4. The first-order valence-electron chi connectivity index (χ1n) is 5.40. The fraction of sp³-hybridized carbons (Fsp3) is 0.444. The number of hydrogen-bond acceptors (Lipinski definition) is 6. The molecule has 2 aromatic rings. The van der Waals surface area contributed by atoms with E-state index in [1.165, 1.54) is 12.6 Å². The average molecular weight is 271 g/mol. The zero-order valence-corrected chi connectivity index (χ0v) is 10.6. The number of nitrogens with one attached hydrogen (secondary N) is 2. The molecule has 0 bridgehead atoms. The smallest absolute Gasteiger partial charge is 0.257 e. The fourth-order valence-corrected chi connectivity index (χ4v) is 2.31. The van der Waals surface area contributed by atoms with Gasteiger partial charge >= 0.3 is 0 Å². The van der Waals surface area contributed by atoms with Gasteiger partial charge in [-0.2, -0.15) is 4.98 Å². The van der Waals surface area contributed by atoms with E-state index >= 15 is 0 Å². The molecule has 98 valence electrons. The Kier molecular flexibility index (Phi) is 3.72. The molecular weight excluding hydrogens is 258 g/mol. The first-order chi connectivity index (χ1) is 8.62. The third kappa shape index (κ3) is 2.93. The van der Waals surface area contributed by atoms with Gasteiger partial charge in [-0.3, -0.25) is 0 Å². The number of aryl methyl sites for hydroxylation is 1. The number of H-pyrrole nitrogens is 1. The van der Waals surface area contributed by atoms with Crippen LogP contribution in [0.1, 0.15) is 18.6 Å². The van der Waals surface area contributed by atoms with E-state index in [1.807, 2.05) is 6.92 Å². The van der Waals surface area contributed by atoms with Gasteiger partial charge in [0.05, 0.1) is 6.20 Å². The monoisotopic (exact) mass is 271 g/mol. The van der Waals surface area contributed by atoms with Crippen molar-refractivity contribution < 1.29 is 12.9 Å². The molecule has 2 N–H and O–H groups in total. The van der Waals surface area contributed by atoms with E-state index in [0.29, 0.717) is 24.5 Å². The van der Waals surface area contributed by atoms with Gasteiger partial charge in [-0.05, 0) is 0 Å². The van der Waals surface area contributed by atoms with Gasteiger partial charge in [0, 0.05) is 19.4 Å². The van der Waals surface area contributed by atoms with Crippen LogP contribution in [0.3, 0.4) is 0 Å². The second-order valence-corrected chi connectivity index (χ2v) is 5.28. The summed E-state index contributed by atoms with van der Waals surface area (Å²) >= 11 is 0. The molecule has 0 spiro atoms. The van der Waals surface area contributed by atoms with Crippen molar-refractivity contribution in [2.75, 3.05) is 6.54 Å². The Bertz CT molecular complexity index is 590. The summed E-state index contributed by atoms with van der Waals surface area (Å²) in [5, 5.41) is 3.65. The topological polar surface area (TPSA) is 114 Å².